The molecule has 80 valence electrons. The summed E-state index contributed by atoms with van der Waals surface area (Å²) in [6, 6.07) is 7.75. The highest BCUT2D eigenvalue weighted by Gasteiger charge is 2.05. The van der Waals surface area contributed by atoms with E-state index in [1.807, 2.05) is 25.1 Å². The van der Waals surface area contributed by atoms with Crippen LogP contribution in [0.4, 0.5) is 0 Å². The zero-order chi connectivity index (χ0) is 11.5. The average Bonchev–Trinajstić information content (AvgIpc) is 2.32. The van der Waals surface area contributed by atoms with Gasteiger partial charge in [0, 0.05) is 16.2 Å². The fourth-order valence-corrected chi connectivity index (χ4v) is 1.81. The van der Waals surface area contributed by atoms with Gasteiger partial charge < -0.3 is 0 Å². The van der Waals surface area contributed by atoms with Gasteiger partial charge in [-0.25, -0.2) is 9.97 Å². The lowest BCUT2D eigenvalue weighted by Crippen LogP contribution is -1.95. The predicted molar refractivity (Wildman–Crippen MR) is 65.3 cm³/mol. The van der Waals surface area contributed by atoms with Crippen molar-refractivity contribution in [2.24, 2.45) is 0 Å². The van der Waals surface area contributed by atoms with E-state index in [4.69, 9.17) is 0 Å². The van der Waals surface area contributed by atoms with Gasteiger partial charge in [0.25, 0.3) is 0 Å². The SMILES string of the molecule is Cc1ccc(Br)cc1-c1ccnc(C=O)n1. The largest absolute Gasteiger partial charge is 0.294 e. The molecule has 2 rings (SSSR count). The van der Waals surface area contributed by atoms with Gasteiger partial charge in [-0.15, -0.1) is 0 Å². The number of benzene rings is 1. The molecule has 0 bridgehead atoms. The lowest BCUT2D eigenvalue weighted by molar-refractivity contribution is 0.111. The maximum absolute atomic E-state index is 10.6. The quantitative estimate of drug-likeness (QED) is 0.792. The van der Waals surface area contributed by atoms with Crippen molar-refractivity contribution >= 4 is 22.2 Å². The highest BCUT2D eigenvalue weighted by molar-refractivity contribution is 9.10. The molecule has 1 heterocycles. The molecule has 0 amide bonds. The van der Waals surface area contributed by atoms with Crippen molar-refractivity contribution in [2.45, 2.75) is 6.92 Å². The van der Waals surface area contributed by atoms with Gasteiger partial charge in [0.15, 0.2) is 12.1 Å². The van der Waals surface area contributed by atoms with Crippen molar-refractivity contribution in [1.29, 1.82) is 0 Å². The molecule has 1 aromatic carbocycles. The molecule has 1 aromatic heterocycles. The van der Waals surface area contributed by atoms with E-state index >= 15 is 0 Å². The molecule has 0 aliphatic heterocycles. The Morgan fingerprint density at radius 1 is 1.31 bits per heavy atom. The van der Waals surface area contributed by atoms with E-state index < -0.39 is 0 Å². The fourth-order valence-electron chi connectivity index (χ4n) is 1.45. The number of carbonyl (C=O) groups excluding carboxylic acids is 1. The predicted octanol–water partition coefficient (Wildman–Crippen LogP) is 3.03. The number of nitrogens with zero attached hydrogens (tertiary/aromatic N) is 2. The Morgan fingerprint density at radius 3 is 2.88 bits per heavy atom. The number of halogens is 1. The third-order valence-corrected chi connectivity index (χ3v) is 2.75. The molecule has 3 nitrogen and oxygen atoms in total. The number of rotatable bonds is 2. The van der Waals surface area contributed by atoms with Crippen LogP contribution in [0.5, 0.6) is 0 Å². The van der Waals surface area contributed by atoms with Gasteiger partial charge in [0.2, 0.25) is 0 Å². The molecular formula is C12H9BrN2O. The zero-order valence-corrected chi connectivity index (χ0v) is 10.2. The molecule has 0 aliphatic carbocycles. The van der Waals surface area contributed by atoms with Crippen molar-refractivity contribution in [3.05, 3.63) is 46.3 Å². The maximum atomic E-state index is 10.6. The molecular weight excluding hydrogens is 268 g/mol. The van der Waals surface area contributed by atoms with Crippen LogP contribution < -0.4 is 0 Å². The van der Waals surface area contributed by atoms with Crippen LogP contribution in [-0.2, 0) is 0 Å². The Labute approximate surface area is 102 Å². The topological polar surface area (TPSA) is 42.9 Å². The molecule has 2 aromatic rings. The molecule has 0 radical (unpaired) electrons. The second kappa shape index (κ2) is 4.53. The number of hydrogen-bond acceptors (Lipinski definition) is 3. The Hall–Kier alpha value is -1.55. The van der Waals surface area contributed by atoms with E-state index in [1.165, 1.54) is 0 Å². The van der Waals surface area contributed by atoms with Crippen molar-refractivity contribution in [3.8, 4) is 11.3 Å². The van der Waals surface area contributed by atoms with Crippen LogP contribution in [-0.4, -0.2) is 16.3 Å². The molecule has 0 spiro atoms. The normalized spacial score (nSPS) is 10.1. The summed E-state index contributed by atoms with van der Waals surface area (Å²) in [4.78, 5) is 18.6. The van der Waals surface area contributed by atoms with Crippen LogP contribution in [0.1, 0.15) is 16.2 Å². The fraction of sp³-hybridized carbons (Fsp3) is 0.0833. The van der Waals surface area contributed by atoms with E-state index in [-0.39, 0.29) is 5.82 Å². The Balaban J connectivity index is 2.57. The first-order chi connectivity index (χ1) is 7.70. The second-order valence-corrected chi connectivity index (χ2v) is 4.29. The summed E-state index contributed by atoms with van der Waals surface area (Å²) in [7, 11) is 0. The van der Waals surface area contributed by atoms with Gasteiger partial charge in [-0.05, 0) is 30.7 Å². The number of aldehydes is 1. The number of aryl methyl sites for hydroxylation is 1. The Morgan fingerprint density at radius 2 is 2.12 bits per heavy atom. The number of carbonyl (C=O) groups is 1. The third kappa shape index (κ3) is 2.17. The molecule has 4 heteroatoms. The van der Waals surface area contributed by atoms with Crippen LogP contribution in [0.15, 0.2) is 34.9 Å². The summed E-state index contributed by atoms with van der Waals surface area (Å²) in [5.74, 6) is 0.205. The van der Waals surface area contributed by atoms with Gasteiger partial charge in [-0.1, -0.05) is 22.0 Å². The Kier molecular flexibility index (Phi) is 3.10. The zero-order valence-electron chi connectivity index (χ0n) is 8.64. The van der Waals surface area contributed by atoms with E-state index in [0.29, 0.717) is 6.29 Å². The maximum Gasteiger partial charge on any atom is 0.193 e. The lowest BCUT2D eigenvalue weighted by Gasteiger charge is -2.05. The number of hydrogen-bond donors (Lipinski definition) is 0. The van der Waals surface area contributed by atoms with E-state index in [1.54, 1.807) is 12.3 Å². The summed E-state index contributed by atoms with van der Waals surface area (Å²) in [6.07, 6.45) is 2.24. The van der Waals surface area contributed by atoms with Gasteiger partial charge in [-0.3, -0.25) is 4.79 Å². The first-order valence-corrected chi connectivity index (χ1v) is 5.55. The van der Waals surface area contributed by atoms with Crippen molar-refractivity contribution in [2.75, 3.05) is 0 Å². The van der Waals surface area contributed by atoms with Crippen molar-refractivity contribution in [1.82, 2.24) is 9.97 Å². The second-order valence-electron chi connectivity index (χ2n) is 3.38. The van der Waals surface area contributed by atoms with Gasteiger partial charge >= 0.3 is 0 Å². The first-order valence-electron chi connectivity index (χ1n) is 4.75. The van der Waals surface area contributed by atoms with Crippen LogP contribution in [0.2, 0.25) is 0 Å². The van der Waals surface area contributed by atoms with Gasteiger partial charge in [0.1, 0.15) is 0 Å². The summed E-state index contributed by atoms with van der Waals surface area (Å²) in [6.45, 7) is 2.00. The highest BCUT2D eigenvalue weighted by atomic mass is 79.9. The minimum absolute atomic E-state index is 0.205. The lowest BCUT2D eigenvalue weighted by atomic mass is 10.1. The van der Waals surface area contributed by atoms with Gasteiger partial charge in [-0.2, -0.15) is 0 Å². The van der Waals surface area contributed by atoms with Gasteiger partial charge in [0.05, 0.1) is 5.69 Å². The third-order valence-electron chi connectivity index (χ3n) is 2.26. The molecule has 0 N–H and O–H groups in total. The Bertz CT molecular complexity index is 540. The minimum Gasteiger partial charge on any atom is -0.294 e. The summed E-state index contributed by atoms with van der Waals surface area (Å²) in [5.41, 5.74) is 2.87. The highest BCUT2D eigenvalue weighted by Crippen LogP contribution is 2.24. The molecule has 0 saturated heterocycles. The van der Waals surface area contributed by atoms with Crippen LogP contribution in [0, 0.1) is 6.92 Å². The molecule has 0 saturated carbocycles. The van der Waals surface area contributed by atoms with E-state index in [2.05, 4.69) is 25.9 Å². The first kappa shape index (κ1) is 11.0. The number of aromatic nitrogens is 2. The molecule has 16 heavy (non-hydrogen) atoms. The summed E-state index contributed by atoms with van der Waals surface area (Å²) >= 11 is 3.42. The van der Waals surface area contributed by atoms with E-state index in [0.717, 1.165) is 21.3 Å². The molecule has 0 unspecified atom stereocenters. The average molecular weight is 277 g/mol. The molecule has 0 aliphatic rings. The van der Waals surface area contributed by atoms with Crippen molar-refractivity contribution < 1.29 is 4.79 Å². The van der Waals surface area contributed by atoms with E-state index in [9.17, 15) is 4.79 Å². The summed E-state index contributed by atoms with van der Waals surface area (Å²) in [5, 5.41) is 0. The summed E-state index contributed by atoms with van der Waals surface area (Å²) < 4.78 is 0.986. The van der Waals surface area contributed by atoms with Crippen LogP contribution in [0.3, 0.4) is 0 Å². The van der Waals surface area contributed by atoms with Crippen LogP contribution >= 0.6 is 15.9 Å². The molecule has 0 fully saturated rings. The standard InChI is InChI=1S/C12H9BrN2O/c1-8-2-3-9(13)6-10(8)11-4-5-14-12(7-16)15-11/h2-7H,1H3. The van der Waals surface area contributed by atoms with Crippen molar-refractivity contribution in [3.63, 3.8) is 0 Å². The minimum atomic E-state index is 0.205. The monoisotopic (exact) mass is 276 g/mol. The van der Waals surface area contributed by atoms with Crippen LogP contribution in [0.25, 0.3) is 11.3 Å². The molecule has 0 atom stereocenters. The smallest absolute Gasteiger partial charge is 0.193 e.